The quantitative estimate of drug-likeness (QED) is 0.849. The fraction of sp³-hybridized carbons (Fsp3) is 0.125. The van der Waals surface area contributed by atoms with E-state index in [0.29, 0.717) is 10.7 Å². The number of hydrogen-bond donors (Lipinski definition) is 1. The zero-order valence-electron chi connectivity index (χ0n) is 12.5. The molecule has 2 rings (SSSR count). The molecule has 0 heterocycles. The molecule has 1 N–H and O–H groups in total. The molecule has 0 aromatic heterocycles. The van der Waals surface area contributed by atoms with Gasteiger partial charge < -0.3 is 15.0 Å². The minimum Gasteiger partial charge on any atom is -0.431 e. The van der Waals surface area contributed by atoms with Gasteiger partial charge >= 0.3 is 0 Å². The van der Waals surface area contributed by atoms with E-state index in [1.807, 2.05) is 0 Å². The van der Waals surface area contributed by atoms with Gasteiger partial charge in [0.25, 0.3) is 11.1 Å². The fourth-order valence-corrected chi connectivity index (χ4v) is 1.95. The number of rotatable bonds is 3. The zero-order chi connectivity index (χ0) is 17.0. The highest BCUT2D eigenvalue weighted by Crippen LogP contribution is 2.24. The van der Waals surface area contributed by atoms with E-state index in [1.165, 1.54) is 30.3 Å². The van der Waals surface area contributed by atoms with Crippen LogP contribution < -0.4 is 10.1 Å². The number of thiocarbonyl (C=S) groups is 1. The van der Waals surface area contributed by atoms with Gasteiger partial charge in [-0.3, -0.25) is 4.79 Å². The average molecular weight is 353 g/mol. The Hall–Kier alpha value is -2.18. The highest BCUT2D eigenvalue weighted by molar-refractivity contribution is 7.80. The first-order chi connectivity index (χ1) is 10.9. The third kappa shape index (κ3) is 4.64. The van der Waals surface area contributed by atoms with Crippen molar-refractivity contribution in [3.63, 3.8) is 0 Å². The predicted molar refractivity (Wildman–Crippen MR) is 92.7 cm³/mol. The highest BCUT2D eigenvalue weighted by Gasteiger charge is 2.16. The summed E-state index contributed by atoms with van der Waals surface area (Å²) in [6, 6.07) is 10.1. The van der Waals surface area contributed by atoms with Crippen LogP contribution in [0.15, 0.2) is 42.5 Å². The van der Waals surface area contributed by atoms with Crippen LogP contribution in [0, 0.1) is 5.82 Å². The Balaban J connectivity index is 2.26. The number of nitrogens with zero attached hydrogens (tertiary/aromatic N) is 1. The van der Waals surface area contributed by atoms with E-state index in [-0.39, 0.29) is 22.3 Å². The molecule has 0 saturated heterocycles. The molecule has 2 aromatic rings. The van der Waals surface area contributed by atoms with Crippen molar-refractivity contribution in [2.45, 2.75) is 0 Å². The lowest BCUT2D eigenvalue weighted by molar-refractivity contribution is 0.102. The van der Waals surface area contributed by atoms with Gasteiger partial charge in [-0.15, -0.1) is 0 Å². The number of ether oxygens (including phenoxy) is 1. The first-order valence-electron chi connectivity index (χ1n) is 6.62. The van der Waals surface area contributed by atoms with E-state index in [2.05, 4.69) is 5.32 Å². The van der Waals surface area contributed by atoms with E-state index in [1.54, 1.807) is 31.1 Å². The molecule has 0 aliphatic rings. The smallest absolute Gasteiger partial charge is 0.264 e. The van der Waals surface area contributed by atoms with Crippen LogP contribution in [0.3, 0.4) is 0 Å². The summed E-state index contributed by atoms with van der Waals surface area (Å²) in [4.78, 5) is 14.0. The van der Waals surface area contributed by atoms with Crippen molar-refractivity contribution in [3.05, 3.63) is 58.9 Å². The summed E-state index contributed by atoms with van der Waals surface area (Å²) in [5, 5.41) is 3.25. The number of hydrogen-bond acceptors (Lipinski definition) is 3. The SMILES string of the molecule is CN(C)C(=S)Oc1ccc(Cl)cc1C(=O)Nc1ccc(F)cc1. The Morgan fingerprint density at radius 3 is 2.48 bits per heavy atom. The molecule has 120 valence electrons. The average Bonchev–Trinajstić information content (AvgIpc) is 2.51. The van der Waals surface area contributed by atoms with Crippen LogP contribution >= 0.6 is 23.8 Å². The number of benzene rings is 2. The topological polar surface area (TPSA) is 41.6 Å². The van der Waals surface area contributed by atoms with E-state index in [4.69, 9.17) is 28.6 Å². The third-order valence-corrected chi connectivity index (χ3v) is 3.53. The number of halogens is 2. The summed E-state index contributed by atoms with van der Waals surface area (Å²) < 4.78 is 18.4. The summed E-state index contributed by atoms with van der Waals surface area (Å²) >= 11 is 11.0. The van der Waals surface area contributed by atoms with Gasteiger partial charge in [-0.1, -0.05) is 11.6 Å². The van der Waals surface area contributed by atoms with Gasteiger partial charge in [-0.25, -0.2) is 4.39 Å². The first kappa shape index (κ1) is 17.2. The second kappa shape index (κ2) is 7.39. The van der Waals surface area contributed by atoms with Crippen LogP contribution in [0.5, 0.6) is 5.75 Å². The van der Waals surface area contributed by atoms with Crippen LogP contribution in [0.1, 0.15) is 10.4 Å². The number of amides is 1. The Morgan fingerprint density at radius 1 is 1.22 bits per heavy atom. The lowest BCUT2D eigenvalue weighted by atomic mass is 10.2. The minimum atomic E-state index is -0.435. The third-order valence-electron chi connectivity index (χ3n) is 2.85. The zero-order valence-corrected chi connectivity index (χ0v) is 14.0. The molecule has 1 amide bonds. The maximum absolute atomic E-state index is 12.9. The van der Waals surface area contributed by atoms with Crippen LogP contribution in [0.2, 0.25) is 5.02 Å². The Morgan fingerprint density at radius 2 is 1.87 bits per heavy atom. The van der Waals surface area contributed by atoms with Crippen LogP contribution in [-0.4, -0.2) is 30.1 Å². The second-order valence-corrected chi connectivity index (χ2v) is 5.65. The Bertz CT molecular complexity index is 735. The fourth-order valence-electron chi connectivity index (χ4n) is 1.69. The van der Waals surface area contributed by atoms with Crippen molar-refractivity contribution in [2.24, 2.45) is 0 Å². The molecule has 0 saturated carbocycles. The number of nitrogens with one attached hydrogen (secondary N) is 1. The number of carbonyl (C=O) groups excluding carboxylic acids is 1. The van der Waals surface area contributed by atoms with E-state index in [0.717, 1.165) is 0 Å². The molecule has 7 heteroatoms. The van der Waals surface area contributed by atoms with Crippen LogP contribution in [0.25, 0.3) is 0 Å². The predicted octanol–water partition coefficient (Wildman–Crippen LogP) is 3.96. The summed E-state index contributed by atoms with van der Waals surface area (Å²) in [6.07, 6.45) is 0. The van der Waals surface area contributed by atoms with Crippen molar-refractivity contribution in [1.29, 1.82) is 0 Å². The number of anilines is 1. The molecular weight excluding hydrogens is 339 g/mol. The van der Waals surface area contributed by atoms with E-state index < -0.39 is 5.91 Å². The van der Waals surface area contributed by atoms with Gasteiger partial charge in [-0.05, 0) is 54.7 Å². The normalized spacial score (nSPS) is 10.1. The van der Waals surface area contributed by atoms with Crippen molar-refractivity contribution < 1.29 is 13.9 Å². The minimum absolute atomic E-state index is 0.211. The summed E-state index contributed by atoms with van der Waals surface area (Å²) in [5.74, 6) is -0.533. The number of carbonyl (C=O) groups is 1. The van der Waals surface area contributed by atoms with E-state index >= 15 is 0 Å². The van der Waals surface area contributed by atoms with Crippen molar-refractivity contribution >= 4 is 40.6 Å². The van der Waals surface area contributed by atoms with Crippen molar-refractivity contribution in [3.8, 4) is 5.75 Å². The van der Waals surface area contributed by atoms with Gasteiger partial charge in [0.2, 0.25) is 0 Å². The first-order valence-corrected chi connectivity index (χ1v) is 7.41. The Kier molecular flexibility index (Phi) is 5.52. The van der Waals surface area contributed by atoms with Crippen LogP contribution in [0.4, 0.5) is 10.1 Å². The van der Waals surface area contributed by atoms with Gasteiger partial charge in [0.05, 0.1) is 5.56 Å². The summed E-state index contributed by atoms with van der Waals surface area (Å²) in [6.45, 7) is 0. The molecule has 0 aliphatic carbocycles. The maximum atomic E-state index is 12.9. The molecule has 0 radical (unpaired) electrons. The van der Waals surface area contributed by atoms with Crippen LogP contribution in [-0.2, 0) is 0 Å². The van der Waals surface area contributed by atoms with Gasteiger partial charge in [0.1, 0.15) is 11.6 Å². The second-order valence-electron chi connectivity index (χ2n) is 4.86. The van der Waals surface area contributed by atoms with Crippen molar-refractivity contribution in [1.82, 2.24) is 4.90 Å². The molecule has 0 atom stereocenters. The molecule has 0 bridgehead atoms. The van der Waals surface area contributed by atoms with Gasteiger partial charge in [0.15, 0.2) is 0 Å². The Labute approximate surface area is 143 Å². The molecule has 0 unspecified atom stereocenters. The maximum Gasteiger partial charge on any atom is 0.264 e. The van der Waals surface area contributed by atoms with E-state index in [9.17, 15) is 9.18 Å². The monoisotopic (exact) mass is 352 g/mol. The standard InChI is InChI=1S/C16H14ClFN2O2S/c1-20(2)16(23)22-14-8-3-10(17)9-13(14)15(21)19-12-6-4-11(18)5-7-12/h3-9H,1-2H3,(H,19,21). The van der Waals surface area contributed by atoms with Gasteiger partial charge in [0, 0.05) is 24.8 Å². The lowest BCUT2D eigenvalue weighted by Crippen LogP contribution is -2.26. The molecule has 0 aliphatic heterocycles. The molecule has 0 fully saturated rings. The molecule has 2 aromatic carbocycles. The molecular formula is C16H14ClFN2O2S. The van der Waals surface area contributed by atoms with Crippen molar-refractivity contribution in [2.75, 3.05) is 19.4 Å². The molecule has 23 heavy (non-hydrogen) atoms. The highest BCUT2D eigenvalue weighted by atomic mass is 35.5. The lowest BCUT2D eigenvalue weighted by Gasteiger charge is -2.16. The summed E-state index contributed by atoms with van der Waals surface area (Å²) in [7, 11) is 3.47. The largest absolute Gasteiger partial charge is 0.431 e. The molecule has 4 nitrogen and oxygen atoms in total. The van der Waals surface area contributed by atoms with Gasteiger partial charge in [-0.2, -0.15) is 0 Å². The molecule has 0 spiro atoms. The summed E-state index contributed by atoms with van der Waals surface area (Å²) in [5.41, 5.74) is 0.684.